The van der Waals surface area contributed by atoms with Crippen molar-refractivity contribution in [2.45, 2.75) is 12.5 Å². The third-order valence-electron chi connectivity index (χ3n) is 1.76. The number of nitrogens with one attached hydrogen (secondary N) is 1. The number of rotatable bonds is 5. The van der Waals surface area contributed by atoms with Gasteiger partial charge in [-0.15, -0.1) is 0 Å². The van der Waals surface area contributed by atoms with Crippen LogP contribution in [0.1, 0.15) is 6.92 Å². The first-order valence-electron chi connectivity index (χ1n) is 4.46. The van der Waals surface area contributed by atoms with Gasteiger partial charge in [-0.3, -0.25) is 0 Å². The Morgan fingerprint density at radius 3 is 3.00 bits per heavy atom. The molecule has 0 fully saturated rings. The van der Waals surface area contributed by atoms with Crippen molar-refractivity contribution in [1.29, 1.82) is 0 Å². The highest BCUT2D eigenvalue weighted by molar-refractivity contribution is 9.10. The van der Waals surface area contributed by atoms with Gasteiger partial charge >= 0.3 is 0 Å². The van der Waals surface area contributed by atoms with Crippen molar-refractivity contribution in [3.63, 3.8) is 0 Å². The predicted octanol–water partition coefficient (Wildman–Crippen LogP) is 1.77. The van der Waals surface area contributed by atoms with E-state index < -0.39 is 5.60 Å². The van der Waals surface area contributed by atoms with Gasteiger partial charge in [-0.1, -0.05) is 0 Å². The Kier molecular flexibility index (Phi) is 4.82. The van der Waals surface area contributed by atoms with Crippen LogP contribution < -0.4 is 5.32 Å². The summed E-state index contributed by atoms with van der Waals surface area (Å²) in [5.74, 6) is 1.38. The normalized spacial score (nSPS) is 14.7. The molecule has 0 aliphatic heterocycles. The van der Waals surface area contributed by atoms with E-state index >= 15 is 0 Å². The molecule has 0 saturated heterocycles. The van der Waals surface area contributed by atoms with Crippen LogP contribution in [0.2, 0.25) is 0 Å². The minimum atomic E-state index is -0.732. The van der Waals surface area contributed by atoms with E-state index in [0.717, 1.165) is 4.47 Å². The van der Waals surface area contributed by atoms with Crippen LogP contribution in [0.25, 0.3) is 0 Å². The molecule has 84 valence electrons. The van der Waals surface area contributed by atoms with Gasteiger partial charge in [-0.25, -0.2) is 9.97 Å². The summed E-state index contributed by atoms with van der Waals surface area (Å²) in [7, 11) is 0. The zero-order chi connectivity index (χ0) is 11.3. The minimum absolute atomic E-state index is 0.462. The SMILES string of the molecule is CSCC(C)(O)CNc1ncncc1Br. The largest absolute Gasteiger partial charge is 0.387 e. The van der Waals surface area contributed by atoms with Gasteiger partial charge in [0.05, 0.1) is 10.1 Å². The molecule has 0 spiro atoms. The summed E-state index contributed by atoms with van der Waals surface area (Å²) in [4.78, 5) is 7.92. The lowest BCUT2D eigenvalue weighted by molar-refractivity contribution is 0.0996. The van der Waals surface area contributed by atoms with Crippen molar-refractivity contribution in [2.24, 2.45) is 0 Å². The first-order chi connectivity index (χ1) is 7.05. The van der Waals surface area contributed by atoms with Crippen molar-refractivity contribution in [3.8, 4) is 0 Å². The quantitative estimate of drug-likeness (QED) is 0.866. The molecule has 0 bridgehead atoms. The van der Waals surface area contributed by atoms with Gasteiger partial charge < -0.3 is 10.4 Å². The first kappa shape index (κ1) is 12.7. The molecule has 1 atom stereocenters. The molecule has 1 unspecified atom stereocenters. The molecule has 1 aromatic rings. The van der Waals surface area contributed by atoms with E-state index in [1.807, 2.05) is 6.26 Å². The van der Waals surface area contributed by atoms with E-state index in [2.05, 4.69) is 31.2 Å². The van der Waals surface area contributed by atoms with Crippen LogP contribution in [0.15, 0.2) is 17.0 Å². The Labute approximate surface area is 102 Å². The lowest BCUT2D eigenvalue weighted by atomic mass is 10.1. The van der Waals surface area contributed by atoms with Crippen LogP contribution in [0.3, 0.4) is 0 Å². The summed E-state index contributed by atoms with van der Waals surface area (Å²) in [6.07, 6.45) is 5.10. The molecule has 1 aromatic heterocycles. The van der Waals surface area contributed by atoms with Crippen molar-refractivity contribution in [3.05, 3.63) is 17.0 Å². The fraction of sp³-hybridized carbons (Fsp3) is 0.556. The lowest BCUT2D eigenvalue weighted by Crippen LogP contribution is -2.36. The highest BCUT2D eigenvalue weighted by Gasteiger charge is 2.19. The Bertz CT molecular complexity index is 322. The molecule has 15 heavy (non-hydrogen) atoms. The number of aromatic nitrogens is 2. The summed E-state index contributed by atoms with van der Waals surface area (Å²) >= 11 is 4.94. The molecular formula is C9H14BrN3OS. The van der Waals surface area contributed by atoms with E-state index in [-0.39, 0.29) is 0 Å². The van der Waals surface area contributed by atoms with E-state index in [0.29, 0.717) is 18.1 Å². The standard InChI is InChI=1S/C9H14BrN3OS/c1-9(14,5-15-2)4-12-8-7(10)3-11-6-13-8/h3,6,14H,4-5H2,1-2H3,(H,11,12,13). The van der Waals surface area contributed by atoms with Gasteiger partial charge in [0.2, 0.25) is 0 Å². The molecule has 1 rings (SSSR count). The highest BCUT2D eigenvalue weighted by Crippen LogP contribution is 2.18. The van der Waals surface area contributed by atoms with Gasteiger partial charge in [0.1, 0.15) is 12.1 Å². The van der Waals surface area contributed by atoms with E-state index in [1.54, 1.807) is 24.9 Å². The number of halogens is 1. The molecule has 6 heteroatoms. The van der Waals surface area contributed by atoms with E-state index in [4.69, 9.17) is 0 Å². The number of thioether (sulfide) groups is 1. The zero-order valence-electron chi connectivity index (χ0n) is 8.70. The summed E-state index contributed by atoms with van der Waals surface area (Å²) in [5, 5.41) is 13.0. The maximum Gasteiger partial charge on any atom is 0.143 e. The average Bonchev–Trinajstić information content (AvgIpc) is 2.16. The molecule has 1 heterocycles. The molecule has 2 N–H and O–H groups in total. The van der Waals surface area contributed by atoms with Crippen LogP contribution in [-0.2, 0) is 0 Å². The van der Waals surface area contributed by atoms with Gasteiger partial charge in [0, 0.05) is 18.5 Å². The molecule has 4 nitrogen and oxygen atoms in total. The van der Waals surface area contributed by atoms with Crippen LogP contribution in [-0.4, -0.2) is 39.2 Å². The van der Waals surface area contributed by atoms with E-state index in [9.17, 15) is 5.11 Å². The third-order valence-corrected chi connectivity index (χ3v) is 3.25. The number of anilines is 1. The lowest BCUT2D eigenvalue weighted by Gasteiger charge is -2.22. The Morgan fingerprint density at radius 1 is 1.67 bits per heavy atom. The zero-order valence-corrected chi connectivity index (χ0v) is 11.1. The highest BCUT2D eigenvalue weighted by atomic mass is 79.9. The fourth-order valence-corrected chi connectivity index (χ4v) is 2.16. The fourth-order valence-electron chi connectivity index (χ4n) is 1.08. The molecule has 0 aliphatic rings. The minimum Gasteiger partial charge on any atom is -0.387 e. The molecule has 0 saturated carbocycles. The summed E-state index contributed by atoms with van der Waals surface area (Å²) in [6, 6.07) is 0. The Balaban J connectivity index is 2.53. The van der Waals surface area contributed by atoms with Crippen LogP contribution in [0.4, 0.5) is 5.82 Å². The summed E-state index contributed by atoms with van der Waals surface area (Å²) < 4.78 is 0.796. The van der Waals surface area contributed by atoms with Crippen molar-refractivity contribution in [2.75, 3.05) is 23.9 Å². The van der Waals surface area contributed by atoms with Gasteiger partial charge in [-0.05, 0) is 29.1 Å². The van der Waals surface area contributed by atoms with Crippen molar-refractivity contribution >= 4 is 33.5 Å². The van der Waals surface area contributed by atoms with Gasteiger partial charge in [0.15, 0.2) is 0 Å². The predicted molar refractivity (Wildman–Crippen MR) is 67.2 cm³/mol. The van der Waals surface area contributed by atoms with E-state index in [1.165, 1.54) is 6.33 Å². The smallest absolute Gasteiger partial charge is 0.143 e. The maximum atomic E-state index is 9.92. The molecule has 0 aliphatic carbocycles. The summed E-state index contributed by atoms with van der Waals surface area (Å²) in [6.45, 7) is 2.26. The molecule has 0 radical (unpaired) electrons. The molecule has 0 amide bonds. The van der Waals surface area contributed by atoms with Gasteiger partial charge in [0.25, 0.3) is 0 Å². The van der Waals surface area contributed by atoms with Crippen molar-refractivity contribution < 1.29 is 5.11 Å². The first-order valence-corrected chi connectivity index (χ1v) is 6.64. The topological polar surface area (TPSA) is 58.0 Å². The number of hydrogen-bond donors (Lipinski definition) is 2. The van der Waals surface area contributed by atoms with Crippen LogP contribution in [0, 0.1) is 0 Å². The summed E-state index contributed by atoms with van der Waals surface area (Å²) in [5.41, 5.74) is -0.732. The van der Waals surface area contributed by atoms with Gasteiger partial charge in [-0.2, -0.15) is 11.8 Å². The molecule has 0 aromatic carbocycles. The Morgan fingerprint density at radius 2 is 2.40 bits per heavy atom. The second-order valence-electron chi connectivity index (χ2n) is 3.50. The maximum absolute atomic E-state index is 9.92. The number of hydrogen-bond acceptors (Lipinski definition) is 5. The van der Waals surface area contributed by atoms with Crippen LogP contribution in [0.5, 0.6) is 0 Å². The number of nitrogens with zero attached hydrogens (tertiary/aromatic N) is 2. The van der Waals surface area contributed by atoms with Crippen molar-refractivity contribution in [1.82, 2.24) is 9.97 Å². The third kappa shape index (κ3) is 4.36. The Hall–Kier alpha value is -0.330. The monoisotopic (exact) mass is 291 g/mol. The van der Waals surface area contributed by atoms with Crippen LogP contribution >= 0.6 is 27.7 Å². The second-order valence-corrected chi connectivity index (χ2v) is 5.22. The number of aliphatic hydroxyl groups is 1. The average molecular weight is 292 g/mol. The molecular weight excluding hydrogens is 278 g/mol. The second kappa shape index (κ2) is 5.67.